The fourth-order valence-electron chi connectivity index (χ4n) is 5.50. The molecule has 0 amide bonds. The summed E-state index contributed by atoms with van der Waals surface area (Å²) >= 11 is 0. The van der Waals surface area contributed by atoms with Gasteiger partial charge < -0.3 is 15.5 Å². The maximum absolute atomic E-state index is 13.1. The van der Waals surface area contributed by atoms with Crippen molar-refractivity contribution >= 4 is 28.1 Å². The molecule has 2 aromatic heterocycles. The highest BCUT2D eigenvalue weighted by molar-refractivity contribution is 5.98. The Hall–Kier alpha value is -4.23. The van der Waals surface area contributed by atoms with Gasteiger partial charge in [-0.05, 0) is 75.9 Å². The number of aryl methyl sites for hydroxylation is 1. The summed E-state index contributed by atoms with van der Waals surface area (Å²) in [5, 5.41) is 18.3. The van der Waals surface area contributed by atoms with Gasteiger partial charge in [-0.1, -0.05) is 24.3 Å². The van der Waals surface area contributed by atoms with Gasteiger partial charge in [0, 0.05) is 48.4 Å². The lowest BCUT2D eigenvalue weighted by Crippen LogP contribution is -2.49. The number of aromatic nitrogens is 3. The number of nitrogens with zero attached hydrogens (tertiary/aromatic N) is 5. The molecule has 1 aliphatic rings. The van der Waals surface area contributed by atoms with Gasteiger partial charge in [0.1, 0.15) is 23.2 Å². The van der Waals surface area contributed by atoms with Crippen LogP contribution in [0.2, 0.25) is 0 Å². The van der Waals surface area contributed by atoms with Crippen LogP contribution in [-0.4, -0.2) is 39.6 Å². The number of fused-ring (bicyclic) bond motifs is 1. The van der Waals surface area contributed by atoms with Crippen LogP contribution < -0.4 is 15.5 Å². The van der Waals surface area contributed by atoms with Crippen LogP contribution in [0.4, 0.5) is 30.4 Å². The monoisotopic (exact) mass is 573 g/mol. The lowest BCUT2D eigenvalue weighted by atomic mass is 9.98. The first-order valence-electron chi connectivity index (χ1n) is 14.0. The molecule has 4 aromatic rings. The molecule has 10 heteroatoms. The Balaban J connectivity index is 1.42. The summed E-state index contributed by atoms with van der Waals surface area (Å²) in [7, 11) is 0. The van der Waals surface area contributed by atoms with Gasteiger partial charge in [0.05, 0.1) is 11.2 Å². The van der Waals surface area contributed by atoms with Crippen molar-refractivity contribution in [3.05, 3.63) is 82.9 Å². The summed E-state index contributed by atoms with van der Waals surface area (Å²) in [6.45, 7) is 10.1. The van der Waals surface area contributed by atoms with Crippen LogP contribution in [0.15, 0.2) is 54.7 Å². The second kappa shape index (κ2) is 11.6. The van der Waals surface area contributed by atoms with Gasteiger partial charge in [-0.25, -0.2) is 15.0 Å². The van der Waals surface area contributed by atoms with Crippen molar-refractivity contribution in [2.75, 3.05) is 23.3 Å². The molecular formula is C32H34F3N7. The SMILES string of the molecule is Cc1cc(Nc2nc3ccccc3c(N3CCC(NC(C)(C)C)CC3)c2C#N)ccc1Cc1nccc(C(F)(F)F)n1. The van der Waals surface area contributed by atoms with Gasteiger partial charge >= 0.3 is 6.18 Å². The number of para-hydroxylation sites is 1. The van der Waals surface area contributed by atoms with Crippen molar-refractivity contribution in [1.29, 1.82) is 5.26 Å². The lowest BCUT2D eigenvalue weighted by Gasteiger charge is -2.38. The number of hydrogen-bond donors (Lipinski definition) is 2. The van der Waals surface area contributed by atoms with Crippen molar-refractivity contribution in [3.8, 4) is 6.07 Å². The number of nitrogens with one attached hydrogen (secondary N) is 2. The number of nitriles is 1. The van der Waals surface area contributed by atoms with E-state index in [0.717, 1.165) is 71.6 Å². The van der Waals surface area contributed by atoms with Gasteiger partial charge in [-0.2, -0.15) is 18.4 Å². The fourth-order valence-corrected chi connectivity index (χ4v) is 5.50. The number of alkyl halides is 3. The summed E-state index contributed by atoms with van der Waals surface area (Å²) in [4.78, 5) is 14.8. The van der Waals surface area contributed by atoms with Crippen LogP contribution in [0.3, 0.4) is 0 Å². The number of anilines is 3. The van der Waals surface area contributed by atoms with Gasteiger partial charge in [0.2, 0.25) is 0 Å². The zero-order valence-electron chi connectivity index (χ0n) is 24.2. The Bertz CT molecular complexity index is 1630. The quantitative estimate of drug-likeness (QED) is 0.259. The number of hydrogen-bond acceptors (Lipinski definition) is 7. The normalized spacial score (nSPS) is 14.7. The van der Waals surface area contributed by atoms with E-state index in [1.807, 2.05) is 49.4 Å². The van der Waals surface area contributed by atoms with E-state index in [-0.39, 0.29) is 17.8 Å². The zero-order valence-corrected chi connectivity index (χ0v) is 24.2. The van der Waals surface area contributed by atoms with Gasteiger partial charge in [0.25, 0.3) is 0 Å². The standard InChI is InChI=1S/C32H34F3N7/c1-20-17-23(10-9-21(20)18-28-37-14-11-27(40-28)32(33,34)35)38-30-25(19-36)29(24-7-5-6-8-26(24)39-30)42-15-12-22(13-16-42)41-31(2,3)4/h5-11,14,17,22,41H,12-13,15-16,18H2,1-4H3,(H,38,39). The van der Waals surface area contributed by atoms with E-state index in [9.17, 15) is 18.4 Å². The van der Waals surface area contributed by atoms with E-state index in [2.05, 4.69) is 52.3 Å². The van der Waals surface area contributed by atoms with Crippen molar-refractivity contribution in [3.63, 3.8) is 0 Å². The molecule has 42 heavy (non-hydrogen) atoms. The van der Waals surface area contributed by atoms with Crippen LogP contribution in [0.1, 0.15) is 61.8 Å². The van der Waals surface area contributed by atoms with E-state index >= 15 is 0 Å². The molecule has 0 unspecified atom stereocenters. The third kappa shape index (κ3) is 6.63. The molecule has 1 saturated heterocycles. The Labute approximate surface area is 243 Å². The first-order chi connectivity index (χ1) is 19.9. The summed E-state index contributed by atoms with van der Waals surface area (Å²) in [6, 6.07) is 17.1. The van der Waals surface area contributed by atoms with Gasteiger partial charge in [0.15, 0.2) is 5.82 Å². The third-order valence-corrected chi connectivity index (χ3v) is 7.37. The van der Waals surface area contributed by atoms with Crippen molar-refractivity contribution in [1.82, 2.24) is 20.3 Å². The van der Waals surface area contributed by atoms with E-state index in [4.69, 9.17) is 4.98 Å². The molecule has 0 atom stereocenters. The molecule has 0 radical (unpaired) electrons. The number of benzene rings is 2. The minimum atomic E-state index is -4.52. The largest absolute Gasteiger partial charge is 0.433 e. The first kappa shape index (κ1) is 29.3. The molecule has 2 aromatic carbocycles. The Morgan fingerprint density at radius 3 is 2.43 bits per heavy atom. The average Bonchev–Trinajstić information content (AvgIpc) is 2.93. The molecule has 5 rings (SSSR count). The molecule has 0 saturated carbocycles. The van der Waals surface area contributed by atoms with E-state index in [0.29, 0.717) is 17.4 Å². The lowest BCUT2D eigenvalue weighted by molar-refractivity contribution is -0.141. The fraction of sp³-hybridized carbons (Fsp3) is 0.375. The molecule has 0 bridgehead atoms. The minimum Gasteiger partial charge on any atom is -0.370 e. The van der Waals surface area contributed by atoms with Gasteiger partial charge in [-0.15, -0.1) is 0 Å². The molecule has 2 N–H and O–H groups in total. The van der Waals surface area contributed by atoms with Crippen LogP contribution in [0.25, 0.3) is 10.9 Å². The maximum Gasteiger partial charge on any atom is 0.433 e. The zero-order chi connectivity index (χ0) is 30.1. The number of rotatable bonds is 6. The maximum atomic E-state index is 13.1. The predicted molar refractivity (Wildman–Crippen MR) is 159 cm³/mol. The molecule has 0 aliphatic carbocycles. The number of piperidine rings is 1. The van der Waals surface area contributed by atoms with Crippen LogP contribution in [0, 0.1) is 18.3 Å². The van der Waals surface area contributed by atoms with Crippen molar-refractivity contribution in [2.45, 2.75) is 64.7 Å². The second-order valence-corrected chi connectivity index (χ2v) is 11.8. The summed E-state index contributed by atoms with van der Waals surface area (Å²) in [5.41, 5.74) is 3.62. The highest BCUT2D eigenvalue weighted by Gasteiger charge is 2.33. The summed E-state index contributed by atoms with van der Waals surface area (Å²) < 4.78 is 39.3. The van der Waals surface area contributed by atoms with Gasteiger partial charge in [-0.3, -0.25) is 0 Å². The molecule has 1 aliphatic heterocycles. The first-order valence-corrected chi connectivity index (χ1v) is 14.0. The molecular weight excluding hydrogens is 539 g/mol. The molecule has 7 nitrogen and oxygen atoms in total. The van der Waals surface area contributed by atoms with E-state index in [1.165, 1.54) is 0 Å². The van der Waals surface area contributed by atoms with E-state index in [1.54, 1.807) is 0 Å². The van der Waals surface area contributed by atoms with Crippen LogP contribution in [-0.2, 0) is 12.6 Å². The van der Waals surface area contributed by atoms with E-state index < -0.39 is 11.9 Å². The highest BCUT2D eigenvalue weighted by Crippen LogP contribution is 2.37. The highest BCUT2D eigenvalue weighted by atomic mass is 19.4. The molecule has 0 spiro atoms. The third-order valence-electron chi connectivity index (χ3n) is 7.37. The Morgan fingerprint density at radius 2 is 1.76 bits per heavy atom. The Morgan fingerprint density at radius 1 is 1.02 bits per heavy atom. The predicted octanol–water partition coefficient (Wildman–Crippen LogP) is 6.92. The summed E-state index contributed by atoms with van der Waals surface area (Å²) in [6.07, 6.45) is -1.29. The molecule has 3 heterocycles. The topological polar surface area (TPSA) is 89.8 Å². The van der Waals surface area contributed by atoms with Crippen molar-refractivity contribution in [2.24, 2.45) is 0 Å². The van der Waals surface area contributed by atoms with Crippen LogP contribution >= 0.6 is 0 Å². The summed E-state index contributed by atoms with van der Waals surface area (Å²) in [5.74, 6) is 0.567. The molecule has 218 valence electrons. The number of pyridine rings is 1. The van der Waals surface area contributed by atoms with Crippen molar-refractivity contribution < 1.29 is 13.2 Å². The minimum absolute atomic E-state index is 0.0406. The average molecular weight is 574 g/mol. The smallest absolute Gasteiger partial charge is 0.370 e. The Kier molecular flexibility index (Phi) is 8.06. The number of halogens is 3. The second-order valence-electron chi connectivity index (χ2n) is 11.8. The molecule has 1 fully saturated rings. The van der Waals surface area contributed by atoms with Crippen LogP contribution in [0.5, 0.6) is 0 Å².